The Balaban J connectivity index is 2.14. The molecular weight excluding hydrogens is 222 g/mol. The summed E-state index contributed by atoms with van der Waals surface area (Å²) in [6, 6.07) is 4.88. The lowest BCUT2D eigenvalue weighted by Gasteiger charge is -2.12. The number of nitrogens with two attached hydrogens (primary N) is 1. The summed E-state index contributed by atoms with van der Waals surface area (Å²) in [5.41, 5.74) is 6.49. The zero-order chi connectivity index (χ0) is 12.3. The lowest BCUT2D eigenvalue weighted by Crippen LogP contribution is -2.18. The van der Waals surface area contributed by atoms with Gasteiger partial charge in [-0.2, -0.15) is 0 Å². The minimum Gasteiger partial charge on any atom is -0.496 e. The van der Waals surface area contributed by atoms with Gasteiger partial charge in [-0.05, 0) is 18.2 Å². The van der Waals surface area contributed by atoms with Crippen molar-refractivity contribution in [3.63, 3.8) is 0 Å². The number of carbonyl (C=O) groups is 1. The minimum absolute atomic E-state index is 0.173. The average Bonchev–Trinajstić information content (AvgIpc) is 2.81. The fourth-order valence-electron chi connectivity index (χ4n) is 1.71. The minimum atomic E-state index is -0.426. The van der Waals surface area contributed by atoms with Gasteiger partial charge in [0, 0.05) is 12.1 Å². The molecule has 1 unspecified atom stereocenters. The number of methoxy groups -OCH3 is 1. The number of rotatable bonds is 3. The summed E-state index contributed by atoms with van der Waals surface area (Å²) in [5, 5.41) is 0. The molecule has 0 bridgehead atoms. The number of carbonyl (C=O) groups excluding carboxylic acids is 1. The number of hydrogen-bond acceptors (Lipinski definition) is 5. The standard InChI is InChI=1S/C12H15NO4/c1-15-11-3-2-8(13)6-10(11)12(14)17-9-4-5-16-7-9/h2-3,6,9H,4-5,7,13H2,1H3. The van der Waals surface area contributed by atoms with E-state index in [0.717, 1.165) is 6.42 Å². The molecule has 1 saturated heterocycles. The van der Waals surface area contributed by atoms with E-state index in [4.69, 9.17) is 19.9 Å². The van der Waals surface area contributed by atoms with Crippen LogP contribution in [0, 0.1) is 0 Å². The van der Waals surface area contributed by atoms with Gasteiger partial charge >= 0.3 is 5.97 Å². The summed E-state index contributed by atoms with van der Waals surface area (Å²) in [6.45, 7) is 1.09. The van der Waals surface area contributed by atoms with Crippen molar-refractivity contribution in [3.05, 3.63) is 23.8 Å². The smallest absolute Gasteiger partial charge is 0.342 e. The van der Waals surface area contributed by atoms with Gasteiger partial charge in [-0.3, -0.25) is 0 Å². The van der Waals surface area contributed by atoms with Crippen molar-refractivity contribution >= 4 is 11.7 Å². The third-order valence-corrected chi connectivity index (χ3v) is 2.61. The van der Waals surface area contributed by atoms with Gasteiger partial charge in [0.05, 0.1) is 20.3 Å². The van der Waals surface area contributed by atoms with Crippen LogP contribution in [0.1, 0.15) is 16.8 Å². The van der Waals surface area contributed by atoms with E-state index in [9.17, 15) is 4.79 Å². The van der Waals surface area contributed by atoms with Crippen LogP contribution in [0.4, 0.5) is 5.69 Å². The summed E-state index contributed by atoms with van der Waals surface area (Å²) in [7, 11) is 1.50. The molecule has 1 fully saturated rings. The van der Waals surface area contributed by atoms with Crippen LogP contribution in [0.15, 0.2) is 18.2 Å². The van der Waals surface area contributed by atoms with E-state index in [0.29, 0.717) is 30.2 Å². The quantitative estimate of drug-likeness (QED) is 0.632. The maximum Gasteiger partial charge on any atom is 0.342 e. The molecule has 5 nitrogen and oxygen atoms in total. The number of benzene rings is 1. The molecule has 1 aromatic rings. The summed E-state index contributed by atoms with van der Waals surface area (Å²) >= 11 is 0. The van der Waals surface area contributed by atoms with Crippen LogP contribution in [-0.4, -0.2) is 32.4 Å². The highest BCUT2D eigenvalue weighted by Gasteiger charge is 2.22. The molecule has 1 aromatic carbocycles. The second kappa shape index (κ2) is 5.05. The normalized spacial score (nSPS) is 19.0. The van der Waals surface area contributed by atoms with Crippen molar-refractivity contribution < 1.29 is 19.0 Å². The lowest BCUT2D eigenvalue weighted by molar-refractivity contribution is 0.0267. The number of ether oxygens (including phenoxy) is 3. The van der Waals surface area contributed by atoms with Gasteiger partial charge in [-0.1, -0.05) is 0 Å². The molecule has 2 N–H and O–H groups in total. The van der Waals surface area contributed by atoms with Crippen LogP contribution in [0.3, 0.4) is 0 Å². The highest BCUT2D eigenvalue weighted by molar-refractivity contribution is 5.93. The van der Waals surface area contributed by atoms with E-state index in [1.807, 2.05) is 0 Å². The van der Waals surface area contributed by atoms with Crippen LogP contribution in [-0.2, 0) is 9.47 Å². The molecule has 0 aromatic heterocycles. The molecule has 5 heteroatoms. The van der Waals surface area contributed by atoms with Crippen molar-refractivity contribution in [2.75, 3.05) is 26.1 Å². The molecule has 0 aliphatic carbocycles. The molecule has 0 amide bonds. The molecule has 17 heavy (non-hydrogen) atoms. The highest BCUT2D eigenvalue weighted by Crippen LogP contribution is 2.23. The summed E-state index contributed by atoms with van der Waals surface area (Å²) < 4.78 is 15.5. The Hall–Kier alpha value is -1.75. The lowest BCUT2D eigenvalue weighted by atomic mass is 10.2. The first-order chi connectivity index (χ1) is 8.20. The average molecular weight is 237 g/mol. The van der Waals surface area contributed by atoms with Gasteiger partial charge in [-0.25, -0.2) is 4.79 Å². The third kappa shape index (κ3) is 2.68. The van der Waals surface area contributed by atoms with Gasteiger partial charge < -0.3 is 19.9 Å². The summed E-state index contributed by atoms with van der Waals surface area (Å²) in [6.07, 6.45) is 0.560. The Bertz CT molecular complexity index is 413. The molecule has 2 rings (SSSR count). The van der Waals surface area contributed by atoms with Crippen LogP contribution >= 0.6 is 0 Å². The molecule has 92 valence electrons. The first kappa shape index (κ1) is 11.7. The van der Waals surface area contributed by atoms with Gasteiger partial charge in [0.15, 0.2) is 0 Å². The topological polar surface area (TPSA) is 70.8 Å². The zero-order valence-electron chi connectivity index (χ0n) is 9.64. The molecular formula is C12H15NO4. The molecule has 1 heterocycles. The summed E-state index contributed by atoms with van der Waals surface area (Å²) in [4.78, 5) is 11.9. The fraction of sp³-hybridized carbons (Fsp3) is 0.417. The number of nitrogen functional groups attached to an aromatic ring is 1. The predicted octanol–water partition coefficient (Wildman–Crippen LogP) is 1.22. The molecule has 1 atom stereocenters. The number of esters is 1. The van der Waals surface area contributed by atoms with Gasteiger partial charge in [-0.15, -0.1) is 0 Å². The van der Waals surface area contributed by atoms with E-state index in [1.165, 1.54) is 7.11 Å². The second-order valence-electron chi connectivity index (χ2n) is 3.85. The number of anilines is 1. The summed E-state index contributed by atoms with van der Waals surface area (Å²) in [5.74, 6) is 0.0350. The van der Waals surface area contributed by atoms with E-state index < -0.39 is 5.97 Å². The van der Waals surface area contributed by atoms with Gasteiger partial charge in [0.25, 0.3) is 0 Å². The molecule has 1 aliphatic heterocycles. The van der Waals surface area contributed by atoms with E-state index in [1.54, 1.807) is 18.2 Å². The predicted molar refractivity (Wildman–Crippen MR) is 62.0 cm³/mol. The number of hydrogen-bond donors (Lipinski definition) is 1. The van der Waals surface area contributed by atoms with E-state index >= 15 is 0 Å². The second-order valence-corrected chi connectivity index (χ2v) is 3.85. The van der Waals surface area contributed by atoms with Gasteiger partial charge in [0.1, 0.15) is 17.4 Å². The van der Waals surface area contributed by atoms with Crippen molar-refractivity contribution in [2.24, 2.45) is 0 Å². The Morgan fingerprint density at radius 2 is 2.35 bits per heavy atom. The van der Waals surface area contributed by atoms with Crippen LogP contribution in [0.5, 0.6) is 5.75 Å². The Labute approximate surface area is 99.5 Å². The monoisotopic (exact) mass is 237 g/mol. The molecule has 0 radical (unpaired) electrons. The van der Waals surface area contributed by atoms with E-state index in [-0.39, 0.29) is 6.10 Å². The van der Waals surface area contributed by atoms with Crippen molar-refractivity contribution in [1.29, 1.82) is 0 Å². The SMILES string of the molecule is COc1ccc(N)cc1C(=O)OC1CCOC1. The molecule has 0 spiro atoms. The van der Waals surface area contributed by atoms with Crippen molar-refractivity contribution in [2.45, 2.75) is 12.5 Å². The first-order valence-corrected chi connectivity index (χ1v) is 5.43. The molecule has 0 saturated carbocycles. The zero-order valence-corrected chi connectivity index (χ0v) is 9.64. The first-order valence-electron chi connectivity index (χ1n) is 5.43. The van der Waals surface area contributed by atoms with Crippen LogP contribution < -0.4 is 10.5 Å². The maximum absolute atomic E-state index is 11.9. The van der Waals surface area contributed by atoms with E-state index in [2.05, 4.69) is 0 Å². The van der Waals surface area contributed by atoms with Crippen LogP contribution in [0.25, 0.3) is 0 Å². The van der Waals surface area contributed by atoms with Crippen LogP contribution in [0.2, 0.25) is 0 Å². The molecule has 1 aliphatic rings. The van der Waals surface area contributed by atoms with Crippen molar-refractivity contribution in [1.82, 2.24) is 0 Å². The third-order valence-electron chi connectivity index (χ3n) is 2.61. The maximum atomic E-state index is 11.9. The fourth-order valence-corrected chi connectivity index (χ4v) is 1.71. The largest absolute Gasteiger partial charge is 0.496 e. The Morgan fingerprint density at radius 1 is 1.53 bits per heavy atom. The van der Waals surface area contributed by atoms with Crippen molar-refractivity contribution in [3.8, 4) is 5.75 Å². The Morgan fingerprint density at radius 3 is 3.00 bits per heavy atom. The van der Waals surface area contributed by atoms with Gasteiger partial charge in [0.2, 0.25) is 0 Å². The Kier molecular flexibility index (Phi) is 3.49. The highest BCUT2D eigenvalue weighted by atomic mass is 16.6.